The van der Waals surface area contributed by atoms with E-state index in [1.54, 1.807) is 26.2 Å². The number of anilines is 2. The molecule has 4 aromatic rings. The number of aromatic nitrogens is 2. The number of fused-ring (bicyclic) bond motifs is 1. The lowest BCUT2D eigenvalue weighted by molar-refractivity contribution is -0.137. The number of rotatable bonds is 5. The molecule has 0 atom stereocenters. The van der Waals surface area contributed by atoms with Crippen LogP contribution in [-0.2, 0) is 16.2 Å². The fourth-order valence-corrected chi connectivity index (χ4v) is 5.00. The van der Waals surface area contributed by atoms with Crippen molar-refractivity contribution < 1.29 is 26.4 Å². The van der Waals surface area contributed by atoms with Gasteiger partial charge in [0.2, 0.25) is 0 Å². The number of pyridine rings is 1. The zero-order chi connectivity index (χ0) is 25.5. The Labute approximate surface area is 203 Å². The molecule has 0 bridgehead atoms. The first-order chi connectivity index (χ1) is 16.4. The van der Waals surface area contributed by atoms with Crippen LogP contribution in [-0.4, -0.2) is 42.3 Å². The molecule has 1 N–H and O–H groups in total. The molecule has 0 saturated carbocycles. The fourth-order valence-electron chi connectivity index (χ4n) is 3.45. The Morgan fingerprint density at radius 1 is 1.11 bits per heavy atom. The molecule has 2 aromatic carbocycles. The third-order valence-corrected chi connectivity index (χ3v) is 7.14. The highest BCUT2D eigenvalue weighted by Crippen LogP contribution is 2.36. The van der Waals surface area contributed by atoms with Crippen molar-refractivity contribution in [1.29, 1.82) is 0 Å². The maximum Gasteiger partial charge on any atom is 0.416 e. The van der Waals surface area contributed by atoms with Gasteiger partial charge < -0.3 is 10.2 Å². The zero-order valence-corrected chi connectivity index (χ0v) is 19.9. The molecule has 12 heteroatoms. The third kappa shape index (κ3) is 4.69. The van der Waals surface area contributed by atoms with E-state index < -0.39 is 27.7 Å². The highest BCUT2D eigenvalue weighted by Gasteiger charge is 2.31. The van der Waals surface area contributed by atoms with Gasteiger partial charge >= 0.3 is 6.18 Å². The van der Waals surface area contributed by atoms with Gasteiger partial charge in [0.05, 0.1) is 27.4 Å². The summed E-state index contributed by atoms with van der Waals surface area (Å²) < 4.78 is 66.5. The van der Waals surface area contributed by atoms with Gasteiger partial charge in [-0.1, -0.05) is 11.6 Å². The van der Waals surface area contributed by atoms with Gasteiger partial charge in [-0.2, -0.15) is 13.2 Å². The van der Waals surface area contributed by atoms with Crippen molar-refractivity contribution in [2.45, 2.75) is 11.1 Å². The number of nitrogens with one attached hydrogen (secondary N) is 1. The first-order valence-corrected chi connectivity index (χ1v) is 11.9. The highest BCUT2D eigenvalue weighted by molar-refractivity contribution is 7.90. The van der Waals surface area contributed by atoms with E-state index >= 15 is 0 Å². The minimum atomic E-state index is -4.54. The van der Waals surface area contributed by atoms with E-state index in [2.05, 4.69) is 10.3 Å². The van der Waals surface area contributed by atoms with Gasteiger partial charge in [0.1, 0.15) is 4.90 Å². The van der Waals surface area contributed by atoms with E-state index in [0.717, 1.165) is 16.1 Å². The van der Waals surface area contributed by atoms with Crippen LogP contribution in [0.4, 0.5) is 24.5 Å². The average molecular weight is 523 g/mol. The van der Waals surface area contributed by atoms with E-state index in [-0.39, 0.29) is 26.7 Å². The molecule has 0 fully saturated rings. The van der Waals surface area contributed by atoms with E-state index in [1.807, 2.05) is 0 Å². The summed E-state index contributed by atoms with van der Waals surface area (Å²) in [6.07, 6.45) is -0.676. The topological polar surface area (TPSA) is 84.3 Å². The molecule has 35 heavy (non-hydrogen) atoms. The van der Waals surface area contributed by atoms with Crippen LogP contribution in [0, 0.1) is 0 Å². The first-order valence-electron chi connectivity index (χ1n) is 10.1. The molecule has 0 aliphatic rings. The molecular formula is C23H18ClF3N4O3S. The van der Waals surface area contributed by atoms with E-state index in [0.29, 0.717) is 11.1 Å². The van der Waals surface area contributed by atoms with E-state index in [1.165, 1.54) is 47.8 Å². The minimum absolute atomic E-state index is 0.0788. The molecule has 7 nitrogen and oxygen atoms in total. The summed E-state index contributed by atoms with van der Waals surface area (Å²) in [5.74, 6) is -0.401. The summed E-state index contributed by atoms with van der Waals surface area (Å²) in [5, 5.41) is 3.12. The normalized spacial score (nSPS) is 12.1. The number of hydrogen-bond acceptors (Lipinski definition) is 5. The number of amides is 1. The number of hydrogen-bond donors (Lipinski definition) is 1. The Kier molecular flexibility index (Phi) is 6.24. The number of halogens is 4. The third-order valence-electron chi connectivity index (χ3n) is 5.17. The van der Waals surface area contributed by atoms with Crippen LogP contribution >= 0.6 is 11.6 Å². The van der Waals surface area contributed by atoms with Crippen LogP contribution in [0.25, 0.3) is 10.9 Å². The maximum atomic E-state index is 13.4. The van der Waals surface area contributed by atoms with Crippen LogP contribution < -0.4 is 5.32 Å². The molecule has 0 saturated heterocycles. The molecule has 2 heterocycles. The number of benzene rings is 2. The van der Waals surface area contributed by atoms with E-state index in [4.69, 9.17) is 11.6 Å². The second-order valence-electron chi connectivity index (χ2n) is 7.78. The number of carbonyl (C=O) groups excluding carboxylic acids is 1. The van der Waals surface area contributed by atoms with Gasteiger partial charge in [-0.05, 0) is 48.5 Å². The predicted molar refractivity (Wildman–Crippen MR) is 127 cm³/mol. The number of carbonyl (C=O) groups is 1. The van der Waals surface area contributed by atoms with Crippen molar-refractivity contribution in [1.82, 2.24) is 13.9 Å². The SMILES string of the molecule is CN(C)C(=O)c1cn(S(=O)(=O)c2cccnc2)c2cc(Nc3ccc(C(F)(F)F)cc3Cl)ccc12. The quantitative estimate of drug-likeness (QED) is 0.380. The predicted octanol–water partition coefficient (Wildman–Crippen LogP) is 5.39. The molecule has 0 aliphatic heterocycles. The fraction of sp³-hybridized carbons (Fsp3) is 0.130. The summed E-state index contributed by atoms with van der Waals surface area (Å²) in [7, 11) is -1.03. The van der Waals surface area contributed by atoms with Crippen LogP contribution in [0.5, 0.6) is 0 Å². The molecule has 4 rings (SSSR count). The number of nitrogens with zero attached hydrogens (tertiary/aromatic N) is 3. The Morgan fingerprint density at radius 2 is 1.86 bits per heavy atom. The molecule has 0 aliphatic carbocycles. The van der Waals surface area contributed by atoms with Crippen molar-refractivity contribution in [2.24, 2.45) is 0 Å². The van der Waals surface area contributed by atoms with Gasteiger partial charge in [-0.25, -0.2) is 12.4 Å². The van der Waals surface area contributed by atoms with Crippen molar-refractivity contribution in [3.05, 3.63) is 83.3 Å². The largest absolute Gasteiger partial charge is 0.416 e. The lowest BCUT2D eigenvalue weighted by Gasteiger charge is -2.13. The highest BCUT2D eigenvalue weighted by atomic mass is 35.5. The molecular weight excluding hydrogens is 505 g/mol. The van der Waals surface area contributed by atoms with Crippen molar-refractivity contribution in [3.8, 4) is 0 Å². The summed E-state index contributed by atoms with van der Waals surface area (Å²) in [6, 6.07) is 10.3. The van der Waals surface area contributed by atoms with Crippen LogP contribution in [0.3, 0.4) is 0 Å². The molecule has 1 amide bonds. The monoisotopic (exact) mass is 522 g/mol. The Morgan fingerprint density at radius 3 is 2.46 bits per heavy atom. The maximum absolute atomic E-state index is 13.4. The molecule has 0 spiro atoms. The van der Waals surface area contributed by atoms with E-state index in [9.17, 15) is 26.4 Å². The summed E-state index contributed by atoms with van der Waals surface area (Å²) >= 11 is 6.05. The second-order valence-corrected chi connectivity index (χ2v) is 10.0. The van der Waals surface area contributed by atoms with Gasteiger partial charge in [0.25, 0.3) is 15.9 Å². The van der Waals surface area contributed by atoms with Gasteiger partial charge in [-0.15, -0.1) is 0 Å². The van der Waals surface area contributed by atoms with Crippen LogP contribution in [0.2, 0.25) is 5.02 Å². The molecule has 2 aromatic heterocycles. The minimum Gasteiger partial charge on any atom is -0.354 e. The zero-order valence-electron chi connectivity index (χ0n) is 18.3. The molecule has 0 unspecified atom stereocenters. The molecule has 182 valence electrons. The van der Waals surface area contributed by atoms with Crippen LogP contribution in [0.1, 0.15) is 15.9 Å². The lowest BCUT2D eigenvalue weighted by Crippen LogP contribution is -2.21. The smallest absolute Gasteiger partial charge is 0.354 e. The van der Waals surface area contributed by atoms with Crippen molar-refractivity contribution in [3.63, 3.8) is 0 Å². The second kappa shape index (κ2) is 8.90. The Balaban J connectivity index is 1.85. The van der Waals surface area contributed by atoms with Gasteiger partial charge in [-0.3, -0.25) is 9.78 Å². The lowest BCUT2D eigenvalue weighted by atomic mass is 10.1. The van der Waals surface area contributed by atoms with Gasteiger partial charge in [0, 0.05) is 43.8 Å². The Bertz CT molecular complexity index is 1540. The van der Waals surface area contributed by atoms with Crippen LogP contribution in [0.15, 0.2) is 72.0 Å². The summed E-state index contributed by atoms with van der Waals surface area (Å²) in [4.78, 5) is 17.9. The summed E-state index contributed by atoms with van der Waals surface area (Å²) in [6.45, 7) is 0. The van der Waals surface area contributed by atoms with Crippen molar-refractivity contribution >= 4 is 49.8 Å². The summed E-state index contributed by atoms with van der Waals surface area (Å²) in [5.41, 5.74) is -0.00368. The van der Waals surface area contributed by atoms with Gasteiger partial charge in [0.15, 0.2) is 0 Å². The standard InChI is InChI=1S/C23H18ClF3N4O3S/c1-30(2)22(32)18-13-31(35(33,34)16-4-3-9-28-12-16)21-11-15(6-7-17(18)21)29-20-8-5-14(10-19(20)24)23(25,26)27/h3-13,29H,1-2H3. The Hall–Kier alpha value is -3.57. The number of alkyl halides is 3. The average Bonchev–Trinajstić information content (AvgIpc) is 3.19. The van der Waals surface area contributed by atoms with Crippen molar-refractivity contribution in [2.75, 3.05) is 19.4 Å². The molecule has 0 radical (unpaired) electrons. The first kappa shape index (κ1) is 24.6.